The molecule has 1 aliphatic carbocycles. The van der Waals surface area contributed by atoms with Crippen LogP contribution in [0.15, 0.2) is 76.2 Å². The number of ketones is 1. The molecule has 1 unspecified atom stereocenters. The van der Waals surface area contributed by atoms with E-state index in [9.17, 15) is 18.5 Å². The van der Waals surface area contributed by atoms with Gasteiger partial charge in [0.2, 0.25) is 5.88 Å². The zero-order valence-electron chi connectivity index (χ0n) is 19.7. The van der Waals surface area contributed by atoms with Gasteiger partial charge in [-0.05, 0) is 34.7 Å². The normalized spacial score (nSPS) is 19.9. The fourth-order valence-corrected chi connectivity index (χ4v) is 5.76. The summed E-state index contributed by atoms with van der Waals surface area (Å²) in [7, 11) is -3.36. The van der Waals surface area contributed by atoms with E-state index in [0.29, 0.717) is 29.9 Å². The number of carbonyl (C=O) groups is 1. The first-order valence-corrected chi connectivity index (χ1v) is 13.1. The maximum absolute atomic E-state index is 13.5. The van der Waals surface area contributed by atoms with Gasteiger partial charge in [0.15, 0.2) is 15.6 Å². The Morgan fingerprint density at radius 3 is 2.46 bits per heavy atom. The molecule has 2 aliphatic rings. The molecule has 0 bridgehead atoms. The number of H-pyrrole nitrogens is 1. The Kier molecular flexibility index (Phi) is 5.15. The van der Waals surface area contributed by atoms with Crippen molar-refractivity contribution in [1.82, 2.24) is 4.98 Å². The molecule has 3 N–H and O–H groups in total. The van der Waals surface area contributed by atoms with Crippen molar-refractivity contribution in [1.29, 1.82) is 5.26 Å². The maximum Gasteiger partial charge on any atom is 0.205 e. The van der Waals surface area contributed by atoms with Crippen LogP contribution >= 0.6 is 0 Å². The van der Waals surface area contributed by atoms with Crippen LogP contribution in [0.1, 0.15) is 38.2 Å². The molecule has 8 heteroatoms. The van der Waals surface area contributed by atoms with Crippen LogP contribution in [0, 0.1) is 16.7 Å². The van der Waals surface area contributed by atoms with E-state index in [-0.39, 0.29) is 27.5 Å². The number of aromatic nitrogens is 1. The van der Waals surface area contributed by atoms with Crippen molar-refractivity contribution in [3.8, 4) is 17.3 Å². The van der Waals surface area contributed by atoms with Crippen molar-refractivity contribution in [2.45, 2.75) is 37.5 Å². The molecule has 0 saturated carbocycles. The van der Waals surface area contributed by atoms with Gasteiger partial charge in [-0.1, -0.05) is 44.2 Å². The Balaban J connectivity index is 1.80. The largest absolute Gasteiger partial charge is 0.444 e. The van der Waals surface area contributed by atoms with Crippen molar-refractivity contribution >= 4 is 26.5 Å². The predicted octanol–water partition coefficient (Wildman–Crippen LogP) is 4.69. The van der Waals surface area contributed by atoms with Gasteiger partial charge >= 0.3 is 0 Å². The fraction of sp³-hybridized carbons (Fsp3) is 0.259. The Morgan fingerprint density at radius 2 is 1.80 bits per heavy atom. The number of sulfone groups is 1. The van der Waals surface area contributed by atoms with E-state index in [1.165, 1.54) is 0 Å². The number of nitriles is 1. The summed E-state index contributed by atoms with van der Waals surface area (Å²) < 4.78 is 29.8. The summed E-state index contributed by atoms with van der Waals surface area (Å²) in [6.07, 6.45) is 2.03. The number of para-hydroxylation sites is 1. The molecule has 35 heavy (non-hydrogen) atoms. The highest BCUT2D eigenvalue weighted by Crippen LogP contribution is 2.51. The van der Waals surface area contributed by atoms with Crippen LogP contribution in [0.3, 0.4) is 0 Å². The van der Waals surface area contributed by atoms with E-state index in [2.05, 4.69) is 11.1 Å². The molecule has 3 aromatic rings. The van der Waals surface area contributed by atoms with E-state index in [0.717, 1.165) is 28.3 Å². The minimum atomic E-state index is -3.36. The summed E-state index contributed by atoms with van der Waals surface area (Å²) in [5, 5.41) is 10.9. The molecular formula is C27H25N3O4S. The van der Waals surface area contributed by atoms with Gasteiger partial charge in [0.25, 0.3) is 0 Å². The number of nitrogens with one attached hydrogen (secondary N) is 1. The van der Waals surface area contributed by atoms with Crippen molar-refractivity contribution in [3.63, 3.8) is 0 Å². The third-order valence-electron chi connectivity index (χ3n) is 6.68. The number of fused-ring (bicyclic) bond motifs is 1. The van der Waals surface area contributed by atoms with Gasteiger partial charge in [0.05, 0.1) is 16.5 Å². The van der Waals surface area contributed by atoms with E-state index in [1.807, 2.05) is 38.1 Å². The lowest BCUT2D eigenvalue weighted by Gasteiger charge is -2.37. The van der Waals surface area contributed by atoms with E-state index >= 15 is 0 Å². The Hall–Kier alpha value is -3.83. The van der Waals surface area contributed by atoms with Crippen LogP contribution in [0.5, 0.6) is 0 Å². The van der Waals surface area contributed by atoms with Gasteiger partial charge in [-0.25, -0.2) is 8.42 Å². The highest BCUT2D eigenvalue weighted by Gasteiger charge is 2.44. The minimum absolute atomic E-state index is 0.00501. The van der Waals surface area contributed by atoms with Gasteiger partial charge in [-0.3, -0.25) is 4.79 Å². The summed E-state index contributed by atoms with van der Waals surface area (Å²) >= 11 is 0. The zero-order valence-corrected chi connectivity index (χ0v) is 20.5. The third-order valence-corrected chi connectivity index (χ3v) is 7.81. The quantitative estimate of drug-likeness (QED) is 0.552. The monoisotopic (exact) mass is 487 g/mol. The lowest BCUT2D eigenvalue weighted by atomic mass is 9.69. The van der Waals surface area contributed by atoms with Crippen LogP contribution in [-0.2, 0) is 19.4 Å². The van der Waals surface area contributed by atoms with Crippen LogP contribution < -0.4 is 5.73 Å². The molecule has 2 aromatic carbocycles. The summed E-state index contributed by atoms with van der Waals surface area (Å²) in [5.74, 6) is -0.250. The molecular weight excluding hydrogens is 462 g/mol. The molecule has 5 rings (SSSR count). The van der Waals surface area contributed by atoms with Crippen molar-refractivity contribution in [2.24, 2.45) is 11.1 Å². The first kappa shape index (κ1) is 22.9. The zero-order chi connectivity index (χ0) is 25.1. The number of ether oxygens (including phenoxy) is 1. The molecule has 0 amide bonds. The Morgan fingerprint density at radius 1 is 1.11 bits per heavy atom. The predicted molar refractivity (Wildman–Crippen MR) is 133 cm³/mol. The molecule has 0 radical (unpaired) electrons. The number of benzene rings is 2. The highest BCUT2D eigenvalue weighted by molar-refractivity contribution is 7.90. The Bertz CT molecular complexity index is 1600. The van der Waals surface area contributed by atoms with Crippen LogP contribution in [-0.4, -0.2) is 25.4 Å². The third kappa shape index (κ3) is 3.82. The first-order valence-electron chi connectivity index (χ1n) is 11.2. The molecule has 7 nitrogen and oxygen atoms in total. The summed E-state index contributed by atoms with van der Waals surface area (Å²) in [6.45, 7) is 4.01. The molecule has 1 aliphatic heterocycles. The number of allylic oxidation sites excluding steroid dienone is 3. The van der Waals surface area contributed by atoms with Gasteiger partial charge < -0.3 is 15.5 Å². The van der Waals surface area contributed by atoms with Crippen molar-refractivity contribution in [2.75, 3.05) is 6.26 Å². The lowest BCUT2D eigenvalue weighted by Crippen LogP contribution is -2.33. The fourth-order valence-electron chi connectivity index (χ4n) is 5.13. The SMILES string of the molecule is CC1(C)CC(=O)C2=C(C1)OC(N)=C(C#N)C2c1c(-c2ccc(S(C)(=O)=O)cc2)[nH]c2ccccc12. The molecule has 0 spiro atoms. The maximum atomic E-state index is 13.5. The number of aromatic amines is 1. The molecule has 178 valence electrons. The van der Waals surface area contributed by atoms with Crippen molar-refractivity contribution < 1.29 is 17.9 Å². The smallest absolute Gasteiger partial charge is 0.205 e. The van der Waals surface area contributed by atoms with E-state index < -0.39 is 15.8 Å². The molecule has 2 heterocycles. The number of nitrogens with zero attached hydrogens (tertiary/aromatic N) is 1. The van der Waals surface area contributed by atoms with Gasteiger partial charge in [0.1, 0.15) is 17.4 Å². The second-order valence-corrected chi connectivity index (χ2v) is 12.0. The second-order valence-electron chi connectivity index (χ2n) is 9.96. The number of carbonyl (C=O) groups excluding carboxylic acids is 1. The number of hydrogen-bond acceptors (Lipinski definition) is 6. The average molecular weight is 488 g/mol. The topological polar surface area (TPSA) is 126 Å². The van der Waals surface area contributed by atoms with Crippen LogP contribution in [0.2, 0.25) is 0 Å². The first-order chi connectivity index (χ1) is 16.5. The standard InChI is InChI=1S/C27H25N3O4S/c1-27(2)12-20(31)24-21(13-27)34-26(29)18(14-28)22(24)23-17-6-4-5-7-19(17)30-25(23)15-8-10-16(11-9-15)35(3,32)33/h4-11,22,30H,12-13,29H2,1-3H3. The molecule has 0 fully saturated rings. The summed E-state index contributed by atoms with van der Waals surface area (Å²) in [6, 6.07) is 16.4. The second kappa shape index (κ2) is 7.85. The average Bonchev–Trinajstić information content (AvgIpc) is 3.16. The van der Waals surface area contributed by atoms with Gasteiger partial charge in [-0.15, -0.1) is 0 Å². The van der Waals surface area contributed by atoms with Crippen LogP contribution in [0.4, 0.5) is 0 Å². The molecule has 1 aromatic heterocycles. The van der Waals surface area contributed by atoms with Crippen LogP contribution in [0.25, 0.3) is 22.2 Å². The van der Waals surface area contributed by atoms with E-state index in [4.69, 9.17) is 10.5 Å². The molecule has 1 atom stereocenters. The lowest BCUT2D eigenvalue weighted by molar-refractivity contribution is -0.119. The minimum Gasteiger partial charge on any atom is -0.444 e. The summed E-state index contributed by atoms with van der Waals surface area (Å²) in [4.78, 5) is 17.1. The van der Waals surface area contributed by atoms with Gasteiger partial charge in [-0.2, -0.15) is 5.26 Å². The highest BCUT2D eigenvalue weighted by atomic mass is 32.2. The number of Topliss-reactive ketones (excluding diaryl/α,β-unsaturated/α-hetero) is 1. The van der Waals surface area contributed by atoms with Gasteiger partial charge in [0, 0.05) is 35.6 Å². The number of rotatable bonds is 3. The Labute approximate surface area is 203 Å². The number of hydrogen-bond donors (Lipinski definition) is 2. The molecule has 0 saturated heterocycles. The summed E-state index contributed by atoms with van der Waals surface area (Å²) in [5.41, 5.74) is 9.62. The number of nitrogens with two attached hydrogens (primary N) is 1. The van der Waals surface area contributed by atoms with Crippen molar-refractivity contribution in [3.05, 3.63) is 76.9 Å². The van der Waals surface area contributed by atoms with E-state index in [1.54, 1.807) is 24.3 Å².